The van der Waals surface area contributed by atoms with Gasteiger partial charge in [-0.05, 0) is 12.5 Å². The molecule has 1 nitrogen and oxygen atoms in total. The number of hydrogen-bond acceptors (Lipinski definition) is 1. The maximum absolute atomic E-state index is 6.13. The van der Waals surface area contributed by atoms with Crippen LogP contribution in [-0.4, -0.2) is 13.2 Å². The van der Waals surface area contributed by atoms with E-state index in [0.29, 0.717) is 0 Å². The summed E-state index contributed by atoms with van der Waals surface area (Å²) in [5.41, 5.74) is 1.11. The van der Waals surface area contributed by atoms with Crippen LogP contribution in [0.3, 0.4) is 0 Å². The van der Waals surface area contributed by atoms with Crippen molar-refractivity contribution in [3.05, 3.63) is 35.9 Å². The van der Waals surface area contributed by atoms with Crippen LogP contribution in [0.1, 0.15) is 17.9 Å². The van der Waals surface area contributed by atoms with Crippen molar-refractivity contribution in [3.63, 3.8) is 0 Å². The third-order valence-electron chi connectivity index (χ3n) is 1.90. The maximum atomic E-state index is 6.13. The average molecular weight is 185 g/mol. The summed E-state index contributed by atoms with van der Waals surface area (Å²) in [4.78, 5) is 0. The molecule has 2 unspecified atom stereocenters. The molecule has 0 aliphatic rings. The molecule has 0 saturated heterocycles. The highest BCUT2D eigenvalue weighted by atomic mass is 35.5. The predicted octanol–water partition coefficient (Wildman–Crippen LogP) is 3.00. The fourth-order valence-corrected chi connectivity index (χ4v) is 1.28. The van der Waals surface area contributed by atoms with Crippen molar-refractivity contribution in [3.8, 4) is 0 Å². The molecular formula is C10H13ClO. The van der Waals surface area contributed by atoms with Gasteiger partial charge in [0.15, 0.2) is 0 Å². The Bertz CT molecular complexity index is 223. The first-order chi connectivity index (χ1) is 5.75. The van der Waals surface area contributed by atoms with Crippen LogP contribution in [0, 0.1) is 0 Å². The zero-order chi connectivity index (χ0) is 8.97. The lowest BCUT2D eigenvalue weighted by molar-refractivity contribution is 0.114. The first-order valence-corrected chi connectivity index (χ1v) is 4.41. The van der Waals surface area contributed by atoms with Gasteiger partial charge in [0.2, 0.25) is 0 Å². The van der Waals surface area contributed by atoms with Gasteiger partial charge in [-0.25, -0.2) is 0 Å². The van der Waals surface area contributed by atoms with Crippen molar-refractivity contribution in [1.82, 2.24) is 0 Å². The minimum absolute atomic E-state index is 0.0501. The molecule has 0 aliphatic heterocycles. The largest absolute Gasteiger partial charge is 0.380 e. The number of benzene rings is 1. The van der Waals surface area contributed by atoms with E-state index in [1.807, 2.05) is 37.3 Å². The summed E-state index contributed by atoms with van der Waals surface area (Å²) in [6, 6.07) is 9.95. The van der Waals surface area contributed by atoms with E-state index in [4.69, 9.17) is 16.3 Å². The van der Waals surface area contributed by atoms with Gasteiger partial charge in [-0.2, -0.15) is 0 Å². The van der Waals surface area contributed by atoms with Crippen LogP contribution in [0.5, 0.6) is 0 Å². The minimum atomic E-state index is -0.0591. The molecule has 1 aromatic carbocycles. The molecule has 0 heterocycles. The van der Waals surface area contributed by atoms with Crippen LogP contribution < -0.4 is 0 Å². The van der Waals surface area contributed by atoms with Crippen molar-refractivity contribution < 1.29 is 4.74 Å². The fraction of sp³-hybridized carbons (Fsp3) is 0.400. The monoisotopic (exact) mass is 184 g/mol. The van der Waals surface area contributed by atoms with Crippen LogP contribution in [0.15, 0.2) is 30.3 Å². The lowest BCUT2D eigenvalue weighted by Crippen LogP contribution is -2.11. The topological polar surface area (TPSA) is 9.23 Å². The molecule has 0 saturated carbocycles. The summed E-state index contributed by atoms with van der Waals surface area (Å²) in [7, 11) is 1.67. The lowest BCUT2D eigenvalue weighted by atomic mass is 10.1. The number of rotatable bonds is 3. The molecule has 0 spiro atoms. The third kappa shape index (κ3) is 2.23. The van der Waals surface area contributed by atoms with Gasteiger partial charge in [-0.1, -0.05) is 30.3 Å². The van der Waals surface area contributed by atoms with Crippen molar-refractivity contribution in [2.24, 2.45) is 0 Å². The smallest absolute Gasteiger partial charge is 0.0844 e. The highest BCUT2D eigenvalue weighted by Crippen LogP contribution is 2.25. The summed E-state index contributed by atoms with van der Waals surface area (Å²) < 4.78 is 5.13. The molecule has 0 bridgehead atoms. The number of hydrogen-bond donors (Lipinski definition) is 0. The zero-order valence-corrected chi connectivity index (χ0v) is 8.08. The third-order valence-corrected chi connectivity index (χ3v) is 2.51. The standard InChI is InChI=1S/C10H13ClO/c1-8(12-2)10(11)9-6-4-3-5-7-9/h3-8,10H,1-2H3. The molecule has 12 heavy (non-hydrogen) atoms. The van der Waals surface area contributed by atoms with Gasteiger partial charge in [-0.15, -0.1) is 11.6 Å². The minimum Gasteiger partial charge on any atom is -0.380 e. The summed E-state index contributed by atoms with van der Waals surface area (Å²) in [6.45, 7) is 1.96. The lowest BCUT2D eigenvalue weighted by Gasteiger charge is -2.16. The van der Waals surface area contributed by atoms with Crippen LogP contribution in [0.2, 0.25) is 0 Å². The molecule has 1 aromatic rings. The van der Waals surface area contributed by atoms with Crippen molar-refractivity contribution in [1.29, 1.82) is 0 Å². The molecule has 1 rings (SSSR count). The van der Waals surface area contributed by atoms with Crippen molar-refractivity contribution in [2.75, 3.05) is 7.11 Å². The molecule has 0 N–H and O–H groups in total. The molecule has 0 amide bonds. The van der Waals surface area contributed by atoms with Gasteiger partial charge in [0.25, 0.3) is 0 Å². The highest BCUT2D eigenvalue weighted by molar-refractivity contribution is 6.21. The van der Waals surface area contributed by atoms with E-state index in [2.05, 4.69) is 0 Å². The van der Waals surface area contributed by atoms with Gasteiger partial charge < -0.3 is 4.74 Å². The second-order valence-corrected chi connectivity index (χ2v) is 3.22. The molecular weight excluding hydrogens is 172 g/mol. The van der Waals surface area contributed by atoms with E-state index in [-0.39, 0.29) is 11.5 Å². The summed E-state index contributed by atoms with van der Waals surface area (Å²) >= 11 is 6.13. The van der Waals surface area contributed by atoms with Crippen LogP contribution in [0.25, 0.3) is 0 Å². The molecule has 2 atom stereocenters. The molecule has 66 valence electrons. The Morgan fingerprint density at radius 2 is 1.83 bits per heavy atom. The summed E-state index contributed by atoms with van der Waals surface area (Å²) in [6.07, 6.45) is 0.0501. The Morgan fingerprint density at radius 3 is 2.33 bits per heavy atom. The number of ether oxygens (including phenoxy) is 1. The Balaban J connectivity index is 2.71. The van der Waals surface area contributed by atoms with E-state index in [1.54, 1.807) is 7.11 Å². The summed E-state index contributed by atoms with van der Waals surface area (Å²) in [5.74, 6) is 0. The van der Waals surface area contributed by atoms with Crippen LogP contribution >= 0.6 is 11.6 Å². The number of alkyl halides is 1. The number of methoxy groups -OCH3 is 1. The maximum Gasteiger partial charge on any atom is 0.0844 e. The Labute approximate surface area is 78.3 Å². The molecule has 0 fully saturated rings. The Morgan fingerprint density at radius 1 is 1.25 bits per heavy atom. The van der Waals surface area contributed by atoms with Crippen molar-refractivity contribution in [2.45, 2.75) is 18.4 Å². The first-order valence-electron chi connectivity index (χ1n) is 3.97. The first kappa shape index (κ1) is 9.56. The van der Waals surface area contributed by atoms with Crippen LogP contribution in [0.4, 0.5) is 0 Å². The molecule has 2 heteroatoms. The van der Waals surface area contributed by atoms with Gasteiger partial charge >= 0.3 is 0 Å². The SMILES string of the molecule is COC(C)C(Cl)c1ccccc1. The van der Waals surface area contributed by atoms with Gasteiger partial charge in [0, 0.05) is 7.11 Å². The molecule has 0 aliphatic carbocycles. The van der Waals surface area contributed by atoms with Crippen molar-refractivity contribution >= 4 is 11.6 Å². The van der Waals surface area contributed by atoms with E-state index in [9.17, 15) is 0 Å². The summed E-state index contributed by atoms with van der Waals surface area (Å²) in [5, 5.41) is -0.0591. The molecule has 0 radical (unpaired) electrons. The van der Waals surface area contributed by atoms with E-state index in [1.165, 1.54) is 0 Å². The van der Waals surface area contributed by atoms with Gasteiger partial charge in [0.1, 0.15) is 0 Å². The highest BCUT2D eigenvalue weighted by Gasteiger charge is 2.14. The average Bonchev–Trinajstić information content (AvgIpc) is 2.17. The zero-order valence-electron chi connectivity index (χ0n) is 7.33. The van der Waals surface area contributed by atoms with E-state index < -0.39 is 0 Å². The second-order valence-electron chi connectivity index (χ2n) is 2.75. The van der Waals surface area contributed by atoms with E-state index in [0.717, 1.165) is 5.56 Å². The second kappa shape index (κ2) is 4.48. The van der Waals surface area contributed by atoms with Crippen LogP contribution in [-0.2, 0) is 4.74 Å². The quantitative estimate of drug-likeness (QED) is 0.657. The molecule has 0 aromatic heterocycles. The normalized spacial score (nSPS) is 15.6. The number of halogens is 1. The Kier molecular flexibility index (Phi) is 3.57. The predicted molar refractivity (Wildman–Crippen MR) is 51.5 cm³/mol. The Hall–Kier alpha value is -0.530. The van der Waals surface area contributed by atoms with E-state index >= 15 is 0 Å². The fourth-order valence-electron chi connectivity index (χ4n) is 1.03. The van der Waals surface area contributed by atoms with Gasteiger partial charge in [0.05, 0.1) is 11.5 Å². The van der Waals surface area contributed by atoms with Gasteiger partial charge in [-0.3, -0.25) is 0 Å².